The van der Waals surface area contributed by atoms with E-state index in [1.807, 2.05) is 41.2 Å². The fourth-order valence-electron chi connectivity index (χ4n) is 5.68. The third-order valence-electron chi connectivity index (χ3n) is 7.33. The van der Waals surface area contributed by atoms with Crippen LogP contribution in [0.1, 0.15) is 40.7 Å². The molecule has 166 valence electrons. The van der Waals surface area contributed by atoms with Gasteiger partial charge in [-0.05, 0) is 72.4 Å². The molecular formula is C27H31N3O2. The van der Waals surface area contributed by atoms with Gasteiger partial charge in [-0.3, -0.25) is 9.48 Å². The molecule has 2 aromatic carbocycles. The smallest absolute Gasteiger partial charge is 0.254 e. The Balaban J connectivity index is 1.30. The number of hydrogen-bond acceptors (Lipinski definition) is 3. The van der Waals surface area contributed by atoms with E-state index >= 15 is 0 Å². The first-order valence-corrected chi connectivity index (χ1v) is 11.7. The van der Waals surface area contributed by atoms with Gasteiger partial charge in [0.1, 0.15) is 5.75 Å². The topological polar surface area (TPSA) is 47.4 Å². The summed E-state index contributed by atoms with van der Waals surface area (Å²) in [6.45, 7) is 2.38. The van der Waals surface area contributed by atoms with Gasteiger partial charge in [-0.15, -0.1) is 0 Å². The molecule has 1 amide bonds. The Morgan fingerprint density at radius 1 is 1.06 bits per heavy atom. The van der Waals surface area contributed by atoms with Gasteiger partial charge in [0, 0.05) is 31.0 Å². The number of amides is 1. The Hall–Kier alpha value is -3.08. The fourth-order valence-corrected chi connectivity index (χ4v) is 5.68. The predicted octanol–water partition coefficient (Wildman–Crippen LogP) is 4.67. The van der Waals surface area contributed by atoms with E-state index in [9.17, 15) is 4.79 Å². The molecule has 32 heavy (non-hydrogen) atoms. The predicted molar refractivity (Wildman–Crippen MR) is 125 cm³/mol. The van der Waals surface area contributed by atoms with E-state index in [0.29, 0.717) is 24.3 Å². The lowest BCUT2D eigenvalue weighted by Crippen LogP contribution is -2.31. The third-order valence-corrected chi connectivity index (χ3v) is 7.33. The van der Waals surface area contributed by atoms with E-state index in [1.165, 1.54) is 24.8 Å². The summed E-state index contributed by atoms with van der Waals surface area (Å²) in [5.41, 5.74) is 3.21. The minimum atomic E-state index is 0.172. The van der Waals surface area contributed by atoms with Gasteiger partial charge in [0.15, 0.2) is 0 Å². The normalized spacial score (nSPS) is 22.5. The number of hydrogen-bond donors (Lipinski definition) is 0. The number of methoxy groups -OCH3 is 1. The zero-order valence-corrected chi connectivity index (χ0v) is 18.7. The lowest BCUT2D eigenvalue weighted by Gasteiger charge is -2.33. The van der Waals surface area contributed by atoms with Crippen LogP contribution >= 0.6 is 0 Å². The van der Waals surface area contributed by atoms with Crippen molar-refractivity contribution in [3.63, 3.8) is 0 Å². The number of carbonyl (C=O) groups is 1. The molecule has 5 rings (SSSR count). The summed E-state index contributed by atoms with van der Waals surface area (Å²) < 4.78 is 7.18. The maximum absolute atomic E-state index is 13.6. The highest BCUT2D eigenvalue weighted by atomic mass is 16.5. The van der Waals surface area contributed by atoms with Crippen molar-refractivity contribution in [1.29, 1.82) is 0 Å². The molecule has 2 fully saturated rings. The van der Waals surface area contributed by atoms with Crippen molar-refractivity contribution in [2.24, 2.45) is 17.8 Å². The van der Waals surface area contributed by atoms with E-state index < -0.39 is 0 Å². The van der Waals surface area contributed by atoms with Gasteiger partial charge in [-0.2, -0.15) is 5.10 Å². The van der Waals surface area contributed by atoms with Crippen LogP contribution in [0, 0.1) is 17.8 Å². The lowest BCUT2D eigenvalue weighted by molar-refractivity contribution is 0.0780. The molecule has 3 atom stereocenters. The van der Waals surface area contributed by atoms with Gasteiger partial charge >= 0.3 is 0 Å². The highest BCUT2D eigenvalue weighted by Gasteiger charge is 2.41. The number of ether oxygens (including phenoxy) is 1. The molecule has 3 aromatic rings. The molecule has 2 aliphatic rings. The highest BCUT2D eigenvalue weighted by molar-refractivity contribution is 5.96. The molecule has 0 spiro atoms. The van der Waals surface area contributed by atoms with Gasteiger partial charge in [0.25, 0.3) is 5.91 Å². The molecule has 1 aliphatic heterocycles. The molecule has 1 saturated heterocycles. The van der Waals surface area contributed by atoms with Crippen molar-refractivity contribution < 1.29 is 9.53 Å². The summed E-state index contributed by atoms with van der Waals surface area (Å²) in [7, 11) is 1.71. The van der Waals surface area contributed by atoms with Crippen LogP contribution in [-0.4, -0.2) is 40.8 Å². The molecule has 0 bridgehead atoms. The van der Waals surface area contributed by atoms with Crippen molar-refractivity contribution in [1.82, 2.24) is 14.7 Å². The second kappa shape index (κ2) is 9.19. The second-order valence-corrected chi connectivity index (χ2v) is 9.24. The third kappa shape index (κ3) is 4.29. The number of benzene rings is 2. The van der Waals surface area contributed by atoms with E-state index in [1.54, 1.807) is 13.3 Å². The Morgan fingerprint density at radius 3 is 2.69 bits per heavy atom. The molecule has 0 unspecified atom stereocenters. The molecule has 0 radical (unpaired) electrons. The minimum absolute atomic E-state index is 0.172. The second-order valence-electron chi connectivity index (χ2n) is 9.24. The van der Waals surface area contributed by atoms with Crippen molar-refractivity contribution in [2.75, 3.05) is 20.2 Å². The van der Waals surface area contributed by atoms with E-state index in [-0.39, 0.29) is 5.91 Å². The van der Waals surface area contributed by atoms with Crippen molar-refractivity contribution >= 4 is 5.91 Å². The first-order chi connectivity index (χ1) is 15.7. The van der Waals surface area contributed by atoms with Crippen LogP contribution in [0.4, 0.5) is 0 Å². The van der Waals surface area contributed by atoms with Gasteiger partial charge < -0.3 is 9.64 Å². The zero-order valence-electron chi connectivity index (χ0n) is 18.7. The Kier molecular flexibility index (Phi) is 5.97. The number of rotatable bonds is 6. The summed E-state index contributed by atoms with van der Waals surface area (Å²) in [5, 5.41) is 4.31. The molecule has 2 heterocycles. The van der Waals surface area contributed by atoms with E-state index in [0.717, 1.165) is 36.4 Å². The zero-order chi connectivity index (χ0) is 21.9. The lowest BCUT2D eigenvalue weighted by atomic mass is 9.71. The SMILES string of the molecule is COc1ccc(C[C@H]2CCC[C@@H]3CN(C(=O)c4ccccc4Cn4cccn4)C[C@H]23)cc1. The van der Waals surface area contributed by atoms with Gasteiger partial charge in [-0.25, -0.2) is 0 Å². The average molecular weight is 430 g/mol. The van der Waals surface area contributed by atoms with Crippen LogP contribution < -0.4 is 4.74 Å². The Bertz CT molecular complexity index is 1050. The number of likely N-dealkylation sites (tertiary alicyclic amines) is 1. The molecule has 0 N–H and O–H groups in total. The van der Waals surface area contributed by atoms with Gasteiger partial charge in [-0.1, -0.05) is 36.8 Å². The standard InChI is InChI=1S/C27H31N3O2/c1-32-24-12-10-20(11-13-24)16-21-7-4-8-22-17-29(19-26(21)22)27(31)25-9-3-2-6-23(25)18-30-15-5-14-28-30/h2-3,5-6,9-15,21-22,26H,4,7-8,16-19H2,1H3/t21-,22-,26-/m1/s1. The van der Waals surface area contributed by atoms with Crippen LogP contribution in [0.15, 0.2) is 67.0 Å². The monoisotopic (exact) mass is 429 g/mol. The largest absolute Gasteiger partial charge is 0.497 e. The van der Waals surface area contributed by atoms with Crippen molar-refractivity contribution in [3.05, 3.63) is 83.7 Å². The summed E-state index contributed by atoms with van der Waals surface area (Å²) in [6, 6.07) is 18.4. The average Bonchev–Trinajstić information content (AvgIpc) is 3.50. The van der Waals surface area contributed by atoms with E-state index in [2.05, 4.69) is 34.3 Å². The van der Waals surface area contributed by atoms with E-state index in [4.69, 9.17) is 4.74 Å². The summed E-state index contributed by atoms with van der Waals surface area (Å²) in [5.74, 6) is 2.92. The quantitative estimate of drug-likeness (QED) is 0.572. The Morgan fingerprint density at radius 2 is 1.91 bits per heavy atom. The van der Waals surface area contributed by atoms with Crippen LogP contribution in [0.5, 0.6) is 5.75 Å². The van der Waals surface area contributed by atoms with Gasteiger partial charge in [0.05, 0.1) is 13.7 Å². The number of fused-ring (bicyclic) bond motifs is 1. The summed E-state index contributed by atoms with van der Waals surface area (Å²) in [4.78, 5) is 15.7. The molecular weight excluding hydrogens is 398 g/mol. The fraction of sp³-hybridized carbons (Fsp3) is 0.407. The maximum atomic E-state index is 13.6. The van der Waals surface area contributed by atoms with Crippen LogP contribution in [0.3, 0.4) is 0 Å². The number of carbonyl (C=O) groups excluding carboxylic acids is 1. The molecule has 5 heteroatoms. The summed E-state index contributed by atoms with van der Waals surface area (Å²) >= 11 is 0. The maximum Gasteiger partial charge on any atom is 0.254 e. The van der Waals surface area contributed by atoms with Crippen LogP contribution in [0.2, 0.25) is 0 Å². The van der Waals surface area contributed by atoms with Crippen LogP contribution in [-0.2, 0) is 13.0 Å². The number of nitrogens with zero attached hydrogens (tertiary/aromatic N) is 3. The summed E-state index contributed by atoms with van der Waals surface area (Å²) in [6.07, 6.45) is 8.56. The highest BCUT2D eigenvalue weighted by Crippen LogP contribution is 2.42. The first kappa shape index (κ1) is 20.8. The molecule has 1 saturated carbocycles. The van der Waals surface area contributed by atoms with Crippen molar-refractivity contribution in [2.45, 2.75) is 32.2 Å². The molecule has 1 aromatic heterocycles. The van der Waals surface area contributed by atoms with Gasteiger partial charge in [0.2, 0.25) is 0 Å². The van der Waals surface area contributed by atoms with Crippen molar-refractivity contribution in [3.8, 4) is 5.75 Å². The minimum Gasteiger partial charge on any atom is -0.497 e. The Labute approximate surface area is 190 Å². The molecule has 5 nitrogen and oxygen atoms in total. The molecule has 1 aliphatic carbocycles. The number of aromatic nitrogens is 2. The first-order valence-electron chi connectivity index (χ1n) is 11.7. The van der Waals surface area contributed by atoms with Crippen LogP contribution in [0.25, 0.3) is 0 Å².